The Morgan fingerprint density at radius 1 is 0.500 bits per heavy atom. The molecule has 3 N–H and O–H groups in total. The Hall–Kier alpha value is -5.37. The maximum Gasteiger partial charge on any atom is 0.421 e. The predicted molar refractivity (Wildman–Crippen MR) is 85.9 cm³/mol. The first kappa shape index (κ1) is 18.0. The monoisotopic (exact) mass is 417 g/mol. The summed E-state index contributed by atoms with van der Waals surface area (Å²) in [5, 5.41) is 60.3. The number of rotatable bonds is 6. The van der Waals surface area contributed by atoms with Gasteiger partial charge in [0.05, 0.1) is 15.3 Å². The Balaban J connectivity index is 1.99. The first-order chi connectivity index (χ1) is 14.4. The zero-order valence-electron chi connectivity index (χ0n) is 13.8. The highest BCUT2D eigenvalue weighted by molar-refractivity contribution is 5.69. The van der Waals surface area contributed by atoms with Crippen LogP contribution in [-0.2, 0) is 0 Å². The van der Waals surface area contributed by atoms with Crippen LogP contribution in [0.1, 0.15) is 0 Å². The van der Waals surface area contributed by atoms with E-state index in [2.05, 4.69) is 45.5 Å². The van der Waals surface area contributed by atoms with Gasteiger partial charge in [0.25, 0.3) is 0 Å². The number of nitrogens with zero attached hydrogens (tertiary/aromatic N) is 12. The van der Waals surface area contributed by atoms with Gasteiger partial charge < -0.3 is 30.3 Å². The summed E-state index contributed by atoms with van der Waals surface area (Å²) in [6, 6.07) is 0. The summed E-state index contributed by atoms with van der Waals surface area (Å²) in [6.07, 6.45) is 0. The molecular formula is C9H3N15O6. The zero-order chi connectivity index (χ0) is 21.4. The molecule has 4 aromatic heterocycles. The van der Waals surface area contributed by atoms with Crippen LogP contribution in [0.2, 0.25) is 0 Å². The van der Waals surface area contributed by atoms with E-state index >= 15 is 0 Å². The maximum atomic E-state index is 11.1. The van der Waals surface area contributed by atoms with Crippen molar-refractivity contribution in [2.45, 2.75) is 0 Å². The Morgan fingerprint density at radius 2 is 0.767 bits per heavy atom. The Morgan fingerprint density at radius 3 is 1.00 bits per heavy atom. The minimum Gasteiger partial charge on any atom is -0.358 e. The molecule has 0 bridgehead atoms. The molecule has 21 nitrogen and oxygen atoms in total. The van der Waals surface area contributed by atoms with Crippen LogP contribution in [0.5, 0.6) is 0 Å². The van der Waals surface area contributed by atoms with Crippen molar-refractivity contribution in [3.8, 4) is 34.6 Å². The van der Waals surface area contributed by atoms with Crippen molar-refractivity contribution in [3.05, 3.63) is 30.3 Å². The standard InChI is InChI=1S/C9H3N15O6/c25-22(26)7-1(13-19-16-7)4-10-5(2-8(23(27)28)17-20-14-2)12-6(11-4)3-9(24(29)30)18-21-15-3/h(H,13,16,19)(H,14,17,20)(H,15,18,21). The molecule has 0 aromatic carbocycles. The minimum absolute atomic E-state index is 0.470. The molecule has 4 aromatic rings. The largest absolute Gasteiger partial charge is 0.421 e. The van der Waals surface area contributed by atoms with Gasteiger partial charge in [-0.3, -0.25) is 0 Å². The van der Waals surface area contributed by atoms with Crippen molar-refractivity contribution in [1.82, 2.24) is 61.2 Å². The van der Waals surface area contributed by atoms with E-state index in [4.69, 9.17) is 0 Å². The molecule has 0 aliphatic carbocycles. The molecule has 21 heteroatoms. The topological polar surface area (TPSA) is 293 Å². The van der Waals surface area contributed by atoms with Crippen LogP contribution in [0.4, 0.5) is 17.5 Å². The summed E-state index contributed by atoms with van der Waals surface area (Å²) in [5.74, 6) is -3.81. The molecule has 0 fully saturated rings. The Bertz CT molecular complexity index is 1130. The summed E-state index contributed by atoms with van der Waals surface area (Å²) < 4.78 is 0. The Labute approximate surface area is 159 Å². The number of hydrogen-bond donors (Lipinski definition) is 3. The molecule has 0 amide bonds. The van der Waals surface area contributed by atoms with Gasteiger partial charge in [0.15, 0.2) is 17.5 Å². The van der Waals surface area contributed by atoms with Crippen molar-refractivity contribution in [2.24, 2.45) is 0 Å². The van der Waals surface area contributed by atoms with Crippen molar-refractivity contribution >= 4 is 17.5 Å². The molecule has 0 saturated heterocycles. The van der Waals surface area contributed by atoms with Crippen LogP contribution in [0.25, 0.3) is 34.6 Å². The lowest BCUT2D eigenvalue weighted by Gasteiger charge is -2.02. The van der Waals surface area contributed by atoms with Crippen molar-refractivity contribution in [3.63, 3.8) is 0 Å². The third kappa shape index (κ3) is 2.88. The van der Waals surface area contributed by atoms with Gasteiger partial charge in [0, 0.05) is 0 Å². The van der Waals surface area contributed by atoms with E-state index in [0.717, 1.165) is 0 Å². The fourth-order valence-electron chi connectivity index (χ4n) is 2.20. The quantitative estimate of drug-likeness (QED) is 0.249. The summed E-state index contributed by atoms with van der Waals surface area (Å²) >= 11 is 0. The first-order valence-corrected chi connectivity index (χ1v) is 7.29. The van der Waals surface area contributed by atoms with Gasteiger partial charge in [0.2, 0.25) is 17.1 Å². The third-order valence-corrected chi connectivity index (χ3v) is 3.38. The third-order valence-electron chi connectivity index (χ3n) is 3.38. The number of H-pyrrole nitrogens is 3. The summed E-state index contributed by atoms with van der Waals surface area (Å²) in [4.78, 5) is 42.4. The molecule has 0 aliphatic rings. The second-order valence-electron chi connectivity index (χ2n) is 5.07. The van der Waals surface area contributed by atoms with Crippen molar-refractivity contribution in [1.29, 1.82) is 0 Å². The van der Waals surface area contributed by atoms with Gasteiger partial charge in [-0.15, -0.1) is 30.9 Å². The van der Waals surface area contributed by atoms with Gasteiger partial charge in [-0.1, -0.05) is 0 Å². The zero-order valence-corrected chi connectivity index (χ0v) is 13.8. The molecule has 0 radical (unpaired) electrons. The van der Waals surface area contributed by atoms with E-state index in [1.54, 1.807) is 0 Å². The smallest absolute Gasteiger partial charge is 0.358 e. The molecule has 4 rings (SSSR count). The first-order valence-electron chi connectivity index (χ1n) is 7.29. The fraction of sp³-hybridized carbons (Fsp3) is 0. The van der Waals surface area contributed by atoms with Gasteiger partial charge >= 0.3 is 17.5 Å². The molecular weight excluding hydrogens is 414 g/mol. The van der Waals surface area contributed by atoms with Gasteiger partial charge in [-0.2, -0.15) is 0 Å². The average molecular weight is 417 g/mol. The lowest BCUT2D eigenvalue weighted by atomic mass is 10.3. The lowest BCUT2D eigenvalue weighted by molar-refractivity contribution is -0.389. The fourth-order valence-corrected chi connectivity index (χ4v) is 2.20. The van der Waals surface area contributed by atoms with Crippen molar-refractivity contribution in [2.75, 3.05) is 0 Å². The van der Waals surface area contributed by atoms with Crippen LogP contribution >= 0.6 is 0 Å². The number of nitro groups is 3. The van der Waals surface area contributed by atoms with E-state index in [1.807, 2.05) is 15.6 Å². The van der Waals surface area contributed by atoms with Crippen LogP contribution in [0.3, 0.4) is 0 Å². The van der Waals surface area contributed by atoms with E-state index in [-0.39, 0.29) is 0 Å². The maximum absolute atomic E-state index is 11.1. The molecule has 0 saturated carbocycles. The number of aromatic amines is 3. The van der Waals surface area contributed by atoms with E-state index in [0.29, 0.717) is 0 Å². The summed E-state index contributed by atoms with van der Waals surface area (Å²) in [7, 11) is 0. The minimum atomic E-state index is -0.890. The molecule has 0 spiro atoms. The summed E-state index contributed by atoms with van der Waals surface area (Å²) in [6.45, 7) is 0. The number of nitrogens with one attached hydrogen (secondary N) is 3. The second kappa shape index (κ2) is 6.66. The van der Waals surface area contributed by atoms with Crippen LogP contribution in [0, 0.1) is 30.3 Å². The summed E-state index contributed by atoms with van der Waals surface area (Å²) in [5.41, 5.74) is -1.41. The SMILES string of the molecule is O=[N+]([O-])c1n[nH]nc1-c1nc(-c2n[nH]nc2[N+](=O)[O-])nc(-c2n[nH]nc2[N+](=O)[O-])n1. The van der Waals surface area contributed by atoms with Gasteiger partial charge in [-0.25, -0.2) is 15.0 Å². The van der Waals surface area contributed by atoms with Crippen molar-refractivity contribution < 1.29 is 14.8 Å². The van der Waals surface area contributed by atoms with E-state index in [9.17, 15) is 30.3 Å². The van der Waals surface area contributed by atoms with Gasteiger partial charge in [0.1, 0.15) is 0 Å². The number of hydrogen-bond acceptors (Lipinski definition) is 15. The highest BCUT2D eigenvalue weighted by atomic mass is 16.6. The highest BCUT2D eigenvalue weighted by Crippen LogP contribution is 2.30. The second-order valence-corrected chi connectivity index (χ2v) is 5.07. The molecule has 0 unspecified atom stereocenters. The predicted octanol–water partition coefficient (Wildman–Crippen LogP) is -1.05. The van der Waals surface area contributed by atoms with Crippen LogP contribution < -0.4 is 0 Å². The van der Waals surface area contributed by atoms with E-state index < -0.39 is 66.8 Å². The Kier molecular flexibility index (Phi) is 4.00. The highest BCUT2D eigenvalue weighted by Gasteiger charge is 2.31. The van der Waals surface area contributed by atoms with Crippen LogP contribution in [0.15, 0.2) is 0 Å². The molecule has 30 heavy (non-hydrogen) atoms. The average Bonchev–Trinajstić information content (AvgIpc) is 3.47. The lowest BCUT2D eigenvalue weighted by Crippen LogP contribution is -2.04. The van der Waals surface area contributed by atoms with E-state index in [1.165, 1.54) is 0 Å². The molecule has 0 atom stereocenters. The normalized spacial score (nSPS) is 10.8. The molecule has 0 aliphatic heterocycles. The van der Waals surface area contributed by atoms with Gasteiger partial charge in [-0.05, 0) is 14.8 Å². The van der Waals surface area contributed by atoms with Crippen LogP contribution in [-0.4, -0.2) is 76.0 Å². The number of aromatic nitrogens is 12. The molecule has 150 valence electrons. The molecule has 4 heterocycles.